The normalized spacial score (nSPS) is 14.6. The van der Waals surface area contributed by atoms with Gasteiger partial charge in [0.1, 0.15) is 0 Å². The van der Waals surface area contributed by atoms with Crippen LogP contribution in [0.5, 0.6) is 0 Å². The van der Waals surface area contributed by atoms with Crippen molar-refractivity contribution >= 4 is 38.3 Å². The summed E-state index contributed by atoms with van der Waals surface area (Å²) in [6, 6.07) is 69.6. The van der Waals surface area contributed by atoms with E-state index in [0.29, 0.717) is 5.92 Å². The lowest BCUT2D eigenvalue weighted by Gasteiger charge is -2.21. The standard InChI is InChI=1S/C56H45N/c1-39-21-33-49(34-22-39)57-55-20-8-7-18-53(55)54-38-48(32-36-56(54)57)42-26-23-40(24-27-42)25-35-51(52-19-10-14-44-13-5-6-17-50(44)52)45-30-28-43(29-31-45)47-16-9-15-46(37-47)41-11-3-2-4-12-41/h2-21,23-24,26-34,36-39,51H,22,25,35H2,1H3. The van der Waals surface area contributed by atoms with Gasteiger partial charge < -0.3 is 4.57 Å². The second-order valence-corrected chi connectivity index (χ2v) is 15.7. The lowest BCUT2D eigenvalue weighted by Crippen LogP contribution is -2.04. The fraction of sp³-hybridized carbons (Fsp3) is 0.107. The quantitative estimate of drug-likeness (QED) is 0.139. The molecule has 1 nitrogen and oxygen atoms in total. The molecule has 0 saturated heterocycles. The van der Waals surface area contributed by atoms with Crippen LogP contribution < -0.4 is 0 Å². The Hall–Kier alpha value is -6.70. The first kappa shape index (κ1) is 34.8. The number of aromatic nitrogens is 1. The van der Waals surface area contributed by atoms with Gasteiger partial charge in [0.2, 0.25) is 0 Å². The number of rotatable bonds is 9. The van der Waals surface area contributed by atoms with Crippen LogP contribution in [0.1, 0.15) is 42.4 Å². The Bertz CT molecular complexity index is 2920. The molecule has 274 valence electrons. The Kier molecular flexibility index (Phi) is 9.20. The molecule has 2 atom stereocenters. The van der Waals surface area contributed by atoms with Crippen LogP contribution in [0.3, 0.4) is 0 Å². The molecule has 9 aromatic rings. The van der Waals surface area contributed by atoms with Crippen molar-refractivity contribution in [3.63, 3.8) is 0 Å². The first-order chi connectivity index (χ1) is 28.2. The first-order valence-corrected chi connectivity index (χ1v) is 20.4. The number of para-hydroxylation sites is 1. The molecule has 1 heterocycles. The molecule has 0 fully saturated rings. The van der Waals surface area contributed by atoms with Gasteiger partial charge in [-0.1, -0.05) is 183 Å². The zero-order valence-corrected chi connectivity index (χ0v) is 32.4. The van der Waals surface area contributed by atoms with E-state index in [4.69, 9.17) is 0 Å². The van der Waals surface area contributed by atoms with E-state index in [2.05, 4.69) is 218 Å². The highest BCUT2D eigenvalue weighted by atomic mass is 15.0. The van der Waals surface area contributed by atoms with Crippen molar-refractivity contribution in [3.05, 3.63) is 223 Å². The van der Waals surface area contributed by atoms with E-state index in [9.17, 15) is 0 Å². The minimum Gasteiger partial charge on any atom is -0.310 e. The van der Waals surface area contributed by atoms with E-state index in [1.54, 1.807) is 0 Å². The molecule has 2 unspecified atom stereocenters. The van der Waals surface area contributed by atoms with Gasteiger partial charge in [-0.2, -0.15) is 0 Å². The Labute approximate surface area is 335 Å². The van der Waals surface area contributed by atoms with Gasteiger partial charge in [-0.3, -0.25) is 0 Å². The Morgan fingerprint density at radius 2 is 1.11 bits per heavy atom. The zero-order valence-electron chi connectivity index (χ0n) is 32.4. The topological polar surface area (TPSA) is 4.93 Å². The second-order valence-electron chi connectivity index (χ2n) is 15.7. The van der Waals surface area contributed by atoms with Crippen molar-refractivity contribution in [1.82, 2.24) is 4.57 Å². The number of hydrogen-bond acceptors (Lipinski definition) is 0. The highest BCUT2D eigenvalue weighted by Crippen LogP contribution is 2.38. The predicted molar refractivity (Wildman–Crippen MR) is 243 cm³/mol. The number of allylic oxidation sites excluding steroid dienone is 4. The minimum atomic E-state index is 0.262. The van der Waals surface area contributed by atoms with Gasteiger partial charge in [-0.15, -0.1) is 0 Å². The van der Waals surface area contributed by atoms with Crippen LogP contribution in [0, 0.1) is 5.92 Å². The van der Waals surface area contributed by atoms with Gasteiger partial charge >= 0.3 is 0 Å². The molecule has 1 heteroatoms. The smallest absolute Gasteiger partial charge is 0.0541 e. The summed E-state index contributed by atoms with van der Waals surface area (Å²) < 4.78 is 2.43. The molecule has 0 aliphatic heterocycles. The molecular formula is C56H45N. The van der Waals surface area contributed by atoms with E-state index < -0.39 is 0 Å². The van der Waals surface area contributed by atoms with Gasteiger partial charge in [-0.05, 0) is 116 Å². The SMILES string of the molecule is CC1C=CC(n2c3ccccc3c3cc(-c4ccc(CCC(c5ccc(-c6cccc(-c7ccccc7)c6)cc5)c5cccc6ccccc56)cc4)ccc32)=CC1. The lowest BCUT2D eigenvalue weighted by atomic mass is 9.83. The van der Waals surface area contributed by atoms with Gasteiger partial charge in [0.25, 0.3) is 0 Å². The predicted octanol–water partition coefficient (Wildman–Crippen LogP) is 15.2. The molecule has 1 aromatic heterocycles. The third kappa shape index (κ3) is 6.81. The highest BCUT2D eigenvalue weighted by Gasteiger charge is 2.19. The zero-order chi connectivity index (χ0) is 38.1. The summed E-state index contributed by atoms with van der Waals surface area (Å²) in [6.45, 7) is 2.28. The molecule has 0 bridgehead atoms. The number of aryl methyl sites for hydroxylation is 1. The minimum absolute atomic E-state index is 0.262. The van der Waals surface area contributed by atoms with E-state index >= 15 is 0 Å². The summed E-state index contributed by atoms with van der Waals surface area (Å²) in [6.07, 6.45) is 10.1. The van der Waals surface area contributed by atoms with Crippen LogP contribution >= 0.6 is 0 Å². The van der Waals surface area contributed by atoms with Gasteiger partial charge in [-0.25, -0.2) is 0 Å². The van der Waals surface area contributed by atoms with Crippen LogP contribution in [0.4, 0.5) is 0 Å². The van der Waals surface area contributed by atoms with Gasteiger partial charge in [0.15, 0.2) is 0 Å². The second kappa shape index (κ2) is 15.1. The number of fused-ring (bicyclic) bond motifs is 4. The Morgan fingerprint density at radius 1 is 0.509 bits per heavy atom. The molecule has 0 N–H and O–H groups in total. The molecule has 57 heavy (non-hydrogen) atoms. The Balaban J connectivity index is 0.936. The van der Waals surface area contributed by atoms with Crippen molar-refractivity contribution in [2.75, 3.05) is 0 Å². The molecular weight excluding hydrogens is 687 g/mol. The van der Waals surface area contributed by atoms with Crippen molar-refractivity contribution < 1.29 is 0 Å². The molecule has 1 aliphatic carbocycles. The van der Waals surface area contributed by atoms with E-state index in [1.807, 2.05) is 0 Å². The maximum absolute atomic E-state index is 2.43. The van der Waals surface area contributed by atoms with Crippen LogP contribution in [0.25, 0.3) is 71.7 Å². The summed E-state index contributed by atoms with van der Waals surface area (Å²) >= 11 is 0. The van der Waals surface area contributed by atoms with Crippen LogP contribution in [-0.2, 0) is 6.42 Å². The molecule has 0 radical (unpaired) electrons. The maximum atomic E-state index is 2.43. The lowest BCUT2D eigenvalue weighted by molar-refractivity contribution is 0.720. The summed E-state index contributed by atoms with van der Waals surface area (Å²) in [5, 5.41) is 5.22. The highest BCUT2D eigenvalue weighted by molar-refractivity contribution is 6.11. The molecule has 8 aromatic carbocycles. The van der Waals surface area contributed by atoms with Crippen molar-refractivity contribution in [1.29, 1.82) is 0 Å². The summed E-state index contributed by atoms with van der Waals surface area (Å²) in [7, 11) is 0. The number of benzene rings is 8. The van der Waals surface area contributed by atoms with Crippen molar-refractivity contribution in [2.24, 2.45) is 5.92 Å². The average Bonchev–Trinajstić information content (AvgIpc) is 3.61. The van der Waals surface area contributed by atoms with Gasteiger partial charge in [0.05, 0.1) is 11.0 Å². The molecule has 0 spiro atoms. The molecule has 10 rings (SSSR count). The summed E-state index contributed by atoms with van der Waals surface area (Å²) in [5.74, 6) is 0.846. The largest absolute Gasteiger partial charge is 0.310 e. The van der Waals surface area contributed by atoms with E-state index in [1.165, 1.54) is 88.3 Å². The van der Waals surface area contributed by atoms with Crippen LogP contribution in [0.15, 0.2) is 206 Å². The molecule has 1 aliphatic rings. The third-order valence-corrected chi connectivity index (χ3v) is 12.0. The molecule has 0 saturated carbocycles. The summed E-state index contributed by atoms with van der Waals surface area (Å²) in [4.78, 5) is 0. The van der Waals surface area contributed by atoms with Crippen molar-refractivity contribution in [3.8, 4) is 33.4 Å². The monoisotopic (exact) mass is 731 g/mol. The average molecular weight is 732 g/mol. The fourth-order valence-corrected chi connectivity index (χ4v) is 8.96. The number of hydrogen-bond donors (Lipinski definition) is 0. The summed E-state index contributed by atoms with van der Waals surface area (Å²) in [5.41, 5.74) is 15.4. The van der Waals surface area contributed by atoms with E-state index in [-0.39, 0.29) is 5.92 Å². The number of nitrogens with zero attached hydrogens (tertiary/aromatic N) is 1. The van der Waals surface area contributed by atoms with Crippen LogP contribution in [-0.4, -0.2) is 4.57 Å². The third-order valence-electron chi connectivity index (χ3n) is 12.0. The van der Waals surface area contributed by atoms with Crippen molar-refractivity contribution in [2.45, 2.75) is 32.1 Å². The maximum Gasteiger partial charge on any atom is 0.0541 e. The first-order valence-electron chi connectivity index (χ1n) is 20.4. The molecule has 0 amide bonds. The Morgan fingerprint density at radius 3 is 1.88 bits per heavy atom. The van der Waals surface area contributed by atoms with E-state index in [0.717, 1.165) is 19.3 Å². The van der Waals surface area contributed by atoms with Crippen LogP contribution in [0.2, 0.25) is 0 Å². The van der Waals surface area contributed by atoms with Gasteiger partial charge in [0, 0.05) is 22.4 Å². The fourth-order valence-electron chi connectivity index (χ4n) is 8.96.